The molecule has 172 valence electrons. The first-order chi connectivity index (χ1) is 16.6. The number of hydrogen-bond donors (Lipinski definition) is 2. The van der Waals surface area contributed by atoms with Crippen molar-refractivity contribution in [3.8, 4) is 34.3 Å². The third-order valence-corrected chi connectivity index (χ3v) is 5.41. The number of nitrogens with two attached hydrogens (primary N) is 1. The van der Waals surface area contributed by atoms with Gasteiger partial charge >= 0.3 is 0 Å². The van der Waals surface area contributed by atoms with E-state index in [4.69, 9.17) is 19.6 Å². The number of furan rings is 1. The van der Waals surface area contributed by atoms with E-state index in [1.54, 1.807) is 32.6 Å². The maximum absolute atomic E-state index is 6.14. The van der Waals surface area contributed by atoms with Crippen molar-refractivity contribution in [2.24, 2.45) is 0 Å². The lowest BCUT2D eigenvalue weighted by Gasteiger charge is -2.10. The van der Waals surface area contributed by atoms with Crippen molar-refractivity contribution in [2.45, 2.75) is 13.1 Å². The zero-order valence-corrected chi connectivity index (χ0v) is 18.9. The summed E-state index contributed by atoms with van der Waals surface area (Å²) in [4.78, 5) is 9.02. The van der Waals surface area contributed by atoms with Crippen LogP contribution in [0.4, 0.5) is 5.95 Å². The fourth-order valence-electron chi connectivity index (χ4n) is 3.68. The topological polar surface area (TPSA) is 113 Å². The zero-order valence-electron chi connectivity index (χ0n) is 18.9. The Morgan fingerprint density at radius 3 is 2.32 bits per heavy atom. The van der Waals surface area contributed by atoms with Gasteiger partial charge in [0, 0.05) is 30.8 Å². The number of nitrogen functional groups attached to an aromatic ring is 1. The Morgan fingerprint density at radius 2 is 1.65 bits per heavy atom. The van der Waals surface area contributed by atoms with Gasteiger partial charge in [-0.15, -0.1) is 5.10 Å². The van der Waals surface area contributed by atoms with Crippen LogP contribution in [0.2, 0.25) is 0 Å². The molecule has 0 bridgehead atoms. The maximum Gasteiger partial charge on any atom is 0.223 e. The molecule has 34 heavy (non-hydrogen) atoms. The van der Waals surface area contributed by atoms with Gasteiger partial charge in [0.15, 0.2) is 11.4 Å². The normalized spacial score (nSPS) is 11.1. The number of anilines is 1. The Morgan fingerprint density at radius 1 is 0.912 bits per heavy atom. The monoisotopic (exact) mass is 456 g/mol. The first-order valence-electron chi connectivity index (χ1n) is 10.7. The van der Waals surface area contributed by atoms with Crippen molar-refractivity contribution < 1.29 is 13.9 Å². The predicted octanol–water partition coefficient (Wildman–Crippen LogP) is 3.94. The molecule has 3 aromatic heterocycles. The predicted molar refractivity (Wildman–Crippen MR) is 128 cm³/mol. The smallest absolute Gasteiger partial charge is 0.223 e. The van der Waals surface area contributed by atoms with Crippen LogP contribution in [0, 0.1) is 0 Å². The zero-order chi connectivity index (χ0) is 23.5. The minimum atomic E-state index is 0.261. The molecule has 0 saturated heterocycles. The molecule has 2 aromatic carbocycles. The lowest BCUT2D eigenvalue weighted by Crippen LogP contribution is -2.12. The number of nitrogens with one attached hydrogen (secondary N) is 1. The van der Waals surface area contributed by atoms with Gasteiger partial charge < -0.3 is 24.9 Å². The Bertz CT molecular complexity index is 1390. The molecule has 0 fully saturated rings. The first kappa shape index (κ1) is 21.5. The van der Waals surface area contributed by atoms with Gasteiger partial charge in [0.2, 0.25) is 11.8 Å². The fourth-order valence-corrected chi connectivity index (χ4v) is 3.68. The summed E-state index contributed by atoms with van der Waals surface area (Å²) in [6.45, 7) is 1.40. The number of hydrogen-bond acceptors (Lipinski definition) is 8. The molecule has 9 heteroatoms. The highest BCUT2D eigenvalue weighted by atomic mass is 16.5. The van der Waals surface area contributed by atoms with Gasteiger partial charge in [-0.05, 0) is 35.4 Å². The number of fused-ring (bicyclic) bond motifs is 1. The molecule has 3 heterocycles. The summed E-state index contributed by atoms with van der Waals surface area (Å²) in [6, 6.07) is 19.5. The highest BCUT2D eigenvalue weighted by molar-refractivity contribution is 5.66. The van der Waals surface area contributed by atoms with Gasteiger partial charge in [-0.2, -0.15) is 4.52 Å². The second-order valence-corrected chi connectivity index (χ2v) is 7.70. The number of nitrogens with zero attached hydrogens (tertiary/aromatic N) is 4. The van der Waals surface area contributed by atoms with E-state index in [0.29, 0.717) is 30.3 Å². The summed E-state index contributed by atoms with van der Waals surface area (Å²) in [5, 5.41) is 7.84. The minimum Gasteiger partial charge on any atom is -0.497 e. The van der Waals surface area contributed by atoms with Crippen LogP contribution < -0.4 is 20.5 Å². The van der Waals surface area contributed by atoms with Gasteiger partial charge in [-0.3, -0.25) is 0 Å². The van der Waals surface area contributed by atoms with Crippen LogP contribution in [0.15, 0.2) is 71.3 Å². The van der Waals surface area contributed by atoms with Crippen LogP contribution in [0.25, 0.3) is 28.5 Å². The number of rotatable bonds is 8. The SMILES string of the molecule is COc1cc(CNCc2ccc(-c3cc4nc(-c5ccco5)nn4c(N)n3)cc2)cc(OC)c1. The molecule has 0 aliphatic carbocycles. The Hall–Kier alpha value is -4.37. The third-order valence-electron chi connectivity index (χ3n) is 5.41. The Labute approximate surface area is 196 Å². The molecular weight excluding hydrogens is 432 g/mol. The van der Waals surface area contributed by atoms with Crippen molar-refractivity contribution in [1.29, 1.82) is 0 Å². The van der Waals surface area contributed by atoms with E-state index in [2.05, 4.69) is 32.5 Å². The summed E-state index contributed by atoms with van der Waals surface area (Å²) >= 11 is 0. The average molecular weight is 457 g/mol. The summed E-state index contributed by atoms with van der Waals surface area (Å²) in [5.74, 6) is 2.85. The standard InChI is InChI=1S/C25H24N6O3/c1-32-19-10-17(11-20(12-19)33-2)15-27-14-16-5-7-18(8-6-16)21-13-23-29-24(22-4-3-9-34-22)30-31(23)25(26)28-21/h3-13,27H,14-15H2,1-2H3,(H2,26,28). The first-order valence-corrected chi connectivity index (χ1v) is 10.7. The van der Waals surface area contributed by atoms with E-state index in [1.165, 1.54) is 4.52 Å². The summed E-state index contributed by atoms with van der Waals surface area (Å²) in [7, 11) is 3.30. The molecule has 0 radical (unpaired) electrons. The molecule has 5 aromatic rings. The fraction of sp³-hybridized carbons (Fsp3) is 0.160. The summed E-state index contributed by atoms with van der Waals surface area (Å²) in [5.41, 5.74) is 10.7. The molecule has 0 aliphatic rings. The molecule has 9 nitrogen and oxygen atoms in total. The van der Waals surface area contributed by atoms with Gasteiger partial charge in [0.25, 0.3) is 0 Å². The molecule has 0 aliphatic heterocycles. The van der Waals surface area contributed by atoms with Crippen molar-refractivity contribution in [2.75, 3.05) is 20.0 Å². The van der Waals surface area contributed by atoms with E-state index in [0.717, 1.165) is 33.9 Å². The van der Waals surface area contributed by atoms with Gasteiger partial charge in [-0.1, -0.05) is 24.3 Å². The molecule has 3 N–H and O–H groups in total. The second-order valence-electron chi connectivity index (χ2n) is 7.70. The van der Waals surface area contributed by atoms with Crippen LogP contribution in [0.5, 0.6) is 11.5 Å². The van der Waals surface area contributed by atoms with E-state index in [9.17, 15) is 0 Å². The molecule has 0 spiro atoms. The average Bonchev–Trinajstić information content (AvgIpc) is 3.54. The molecular formula is C25H24N6O3. The largest absolute Gasteiger partial charge is 0.497 e. The Balaban J connectivity index is 1.28. The molecule has 0 saturated carbocycles. The lowest BCUT2D eigenvalue weighted by atomic mass is 10.1. The molecule has 0 amide bonds. The van der Waals surface area contributed by atoms with Crippen molar-refractivity contribution in [3.05, 3.63) is 78.1 Å². The minimum absolute atomic E-state index is 0.261. The number of ether oxygens (including phenoxy) is 2. The quantitative estimate of drug-likeness (QED) is 0.361. The highest BCUT2D eigenvalue weighted by Gasteiger charge is 2.13. The van der Waals surface area contributed by atoms with Crippen LogP contribution in [-0.2, 0) is 13.1 Å². The van der Waals surface area contributed by atoms with E-state index < -0.39 is 0 Å². The Kier molecular flexibility index (Phi) is 5.84. The second kappa shape index (κ2) is 9.24. The van der Waals surface area contributed by atoms with Crippen molar-refractivity contribution in [3.63, 3.8) is 0 Å². The number of benzene rings is 2. The number of methoxy groups -OCH3 is 2. The van der Waals surface area contributed by atoms with Crippen molar-refractivity contribution >= 4 is 11.6 Å². The molecule has 0 unspecified atom stereocenters. The van der Waals surface area contributed by atoms with Crippen molar-refractivity contribution in [1.82, 2.24) is 24.9 Å². The van der Waals surface area contributed by atoms with Gasteiger partial charge in [0.05, 0.1) is 26.2 Å². The van der Waals surface area contributed by atoms with E-state index >= 15 is 0 Å². The molecule has 5 rings (SSSR count). The van der Waals surface area contributed by atoms with Crippen LogP contribution in [0.3, 0.4) is 0 Å². The van der Waals surface area contributed by atoms with Gasteiger partial charge in [0.1, 0.15) is 11.5 Å². The maximum atomic E-state index is 6.14. The summed E-state index contributed by atoms with van der Waals surface area (Å²) in [6.07, 6.45) is 1.58. The van der Waals surface area contributed by atoms with E-state index in [-0.39, 0.29) is 5.95 Å². The summed E-state index contributed by atoms with van der Waals surface area (Å²) < 4.78 is 17.6. The highest BCUT2D eigenvalue weighted by Crippen LogP contribution is 2.24. The van der Waals surface area contributed by atoms with Crippen LogP contribution in [-0.4, -0.2) is 33.8 Å². The van der Waals surface area contributed by atoms with Gasteiger partial charge in [-0.25, -0.2) is 9.97 Å². The van der Waals surface area contributed by atoms with Crippen LogP contribution >= 0.6 is 0 Å². The van der Waals surface area contributed by atoms with E-state index in [1.807, 2.05) is 36.4 Å². The lowest BCUT2D eigenvalue weighted by molar-refractivity contribution is 0.393. The number of aromatic nitrogens is 4. The molecule has 0 atom stereocenters. The third kappa shape index (κ3) is 4.41. The van der Waals surface area contributed by atoms with Crippen LogP contribution in [0.1, 0.15) is 11.1 Å².